The van der Waals surface area contributed by atoms with Crippen LogP contribution >= 0.6 is 0 Å². The Balaban J connectivity index is 1.87. The predicted octanol–water partition coefficient (Wildman–Crippen LogP) is 4.60. The van der Waals surface area contributed by atoms with E-state index in [1.165, 1.54) is 5.56 Å². The molecule has 25 heavy (non-hydrogen) atoms. The lowest BCUT2D eigenvalue weighted by Crippen LogP contribution is -2.51. The van der Waals surface area contributed by atoms with Crippen LogP contribution in [0.1, 0.15) is 48.0 Å². The minimum atomic E-state index is -0.709. The number of nitrogens with zero attached hydrogens (tertiary/aromatic N) is 2. The first-order valence-corrected chi connectivity index (χ1v) is 9.07. The molecule has 3 nitrogen and oxygen atoms in total. The van der Waals surface area contributed by atoms with Crippen LogP contribution in [0.25, 0.3) is 0 Å². The molecule has 1 saturated heterocycles. The van der Waals surface area contributed by atoms with E-state index in [1.807, 2.05) is 53.4 Å². The number of nitriles is 1. The van der Waals surface area contributed by atoms with Crippen molar-refractivity contribution in [3.8, 4) is 6.07 Å². The highest BCUT2D eigenvalue weighted by Crippen LogP contribution is 2.32. The molecule has 0 bridgehead atoms. The number of rotatable bonds is 4. The minimum absolute atomic E-state index is 0.0166. The largest absolute Gasteiger partial charge is 0.320 e. The molecule has 1 unspecified atom stereocenters. The van der Waals surface area contributed by atoms with Crippen LogP contribution in [0.15, 0.2) is 60.7 Å². The van der Waals surface area contributed by atoms with Gasteiger partial charge < -0.3 is 4.90 Å². The van der Waals surface area contributed by atoms with Gasteiger partial charge in [0.15, 0.2) is 0 Å². The fourth-order valence-electron chi connectivity index (χ4n) is 3.67. The highest BCUT2D eigenvalue weighted by Gasteiger charge is 2.40. The van der Waals surface area contributed by atoms with Crippen LogP contribution in [0.2, 0.25) is 0 Å². The zero-order valence-electron chi connectivity index (χ0n) is 14.5. The number of benzene rings is 2. The van der Waals surface area contributed by atoms with Gasteiger partial charge in [-0.15, -0.1) is 0 Å². The molecule has 0 saturated carbocycles. The summed E-state index contributed by atoms with van der Waals surface area (Å²) < 4.78 is 0. The first kappa shape index (κ1) is 17.2. The van der Waals surface area contributed by atoms with Gasteiger partial charge in [0.05, 0.1) is 6.07 Å². The van der Waals surface area contributed by atoms with Crippen LogP contribution in [0.5, 0.6) is 0 Å². The van der Waals surface area contributed by atoms with Gasteiger partial charge in [0.1, 0.15) is 5.54 Å². The molecule has 1 amide bonds. The molecule has 1 atom stereocenters. The molecule has 128 valence electrons. The third-order valence-corrected chi connectivity index (χ3v) is 5.13. The first-order chi connectivity index (χ1) is 12.2. The van der Waals surface area contributed by atoms with Gasteiger partial charge in [-0.3, -0.25) is 4.79 Å². The molecular formula is C22H24N2O. The van der Waals surface area contributed by atoms with E-state index in [-0.39, 0.29) is 5.91 Å². The third kappa shape index (κ3) is 3.91. The van der Waals surface area contributed by atoms with E-state index in [1.54, 1.807) is 0 Å². The molecule has 0 aromatic heterocycles. The van der Waals surface area contributed by atoms with E-state index >= 15 is 0 Å². The molecule has 1 aliphatic rings. The molecule has 3 heteroatoms. The van der Waals surface area contributed by atoms with E-state index < -0.39 is 5.54 Å². The highest BCUT2D eigenvalue weighted by molar-refractivity contribution is 5.95. The number of aryl methyl sites for hydroxylation is 1. The summed E-state index contributed by atoms with van der Waals surface area (Å²) >= 11 is 0. The molecule has 1 heterocycles. The number of amides is 1. The van der Waals surface area contributed by atoms with E-state index in [0.717, 1.165) is 32.1 Å². The fourth-order valence-corrected chi connectivity index (χ4v) is 3.67. The fraction of sp³-hybridized carbons (Fsp3) is 0.364. The number of likely N-dealkylation sites (tertiary alicyclic amines) is 1. The van der Waals surface area contributed by atoms with Gasteiger partial charge >= 0.3 is 0 Å². The molecule has 2 aromatic rings. The Kier molecular flexibility index (Phi) is 5.50. The van der Waals surface area contributed by atoms with Crippen LogP contribution in [-0.2, 0) is 6.42 Å². The normalized spacial score (nSPS) is 20.5. The second-order valence-corrected chi connectivity index (χ2v) is 6.76. The summed E-state index contributed by atoms with van der Waals surface area (Å²) in [6.45, 7) is 0.663. The summed E-state index contributed by atoms with van der Waals surface area (Å²) in [5.74, 6) is -0.0166. The smallest absolute Gasteiger partial charge is 0.255 e. The summed E-state index contributed by atoms with van der Waals surface area (Å²) in [5, 5.41) is 10.1. The van der Waals surface area contributed by atoms with E-state index in [9.17, 15) is 10.1 Å². The zero-order valence-corrected chi connectivity index (χ0v) is 14.5. The van der Waals surface area contributed by atoms with Crippen LogP contribution in [0.3, 0.4) is 0 Å². The zero-order chi connectivity index (χ0) is 17.5. The van der Waals surface area contributed by atoms with E-state index in [2.05, 4.69) is 18.2 Å². The Morgan fingerprint density at radius 3 is 2.36 bits per heavy atom. The van der Waals surface area contributed by atoms with Crippen molar-refractivity contribution in [2.45, 2.75) is 44.1 Å². The lowest BCUT2D eigenvalue weighted by molar-refractivity contribution is 0.0573. The summed E-state index contributed by atoms with van der Waals surface area (Å²) in [5.41, 5.74) is 1.18. The SMILES string of the molecule is N#CC1(CCc2ccccc2)CCCCCN1C(=O)c1ccccc1. The van der Waals surface area contributed by atoms with Gasteiger partial charge in [-0.05, 0) is 49.8 Å². The van der Waals surface area contributed by atoms with Crippen molar-refractivity contribution in [3.63, 3.8) is 0 Å². The molecular weight excluding hydrogens is 308 g/mol. The Bertz CT molecular complexity index is 736. The van der Waals surface area contributed by atoms with Crippen molar-refractivity contribution in [2.75, 3.05) is 6.54 Å². The Hall–Kier alpha value is -2.60. The maximum atomic E-state index is 13.1. The second-order valence-electron chi connectivity index (χ2n) is 6.76. The third-order valence-electron chi connectivity index (χ3n) is 5.13. The monoisotopic (exact) mass is 332 g/mol. The van der Waals surface area contributed by atoms with Gasteiger partial charge in [0.2, 0.25) is 0 Å². The Labute approximate surface area is 149 Å². The number of hydrogen-bond donors (Lipinski definition) is 0. The summed E-state index contributed by atoms with van der Waals surface area (Å²) in [7, 11) is 0. The van der Waals surface area contributed by atoms with Gasteiger partial charge in [-0.25, -0.2) is 0 Å². The van der Waals surface area contributed by atoms with Crippen LogP contribution in [-0.4, -0.2) is 22.9 Å². The average molecular weight is 332 g/mol. The Morgan fingerprint density at radius 1 is 1.00 bits per heavy atom. The average Bonchev–Trinajstić information content (AvgIpc) is 2.90. The number of carbonyl (C=O) groups is 1. The number of hydrogen-bond acceptors (Lipinski definition) is 2. The van der Waals surface area contributed by atoms with Crippen molar-refractivity contribution in [1.29, 1.82) is 5.26 Å². The van der Waals surface area contributed by atoms with Crippen LogP contribution in [0.4, 0.5) is 0 Å². The van der Waals surface area contributed by atoms with Crippen molar-refractivity contribution < 1.29 is 4.79 Å². The highest BCUT2D eigenvalue weighted by atomic mass is 16.2. The predicted molar refractivity (Wildman–Crippen MR) is 99.1 cm³/mol. The molecule has 0 N–H and O–H groups in total. The first-order valence-electron chi connectivity index (χ1n) is 9.07. The van der Waals surface area contributed by atoms with Gasteiger partial charge in [0.25, 0.3) is 5.91 Å². The van der Waals surface area contributed by atoms with Crippen molar-refractivity contribution >= 4 is 5.91 Å². The molecule has 0 aliphatic carbocycles. The standard InChI is InChI=1S/C22H24N2O/c23-18-22(16-14-19-10-4-1-5-11-19)15-8-3-9-17-24(22)21(25)20-12-6-2-7-13-20/h1-2,4-7,10-13H,3,8-9,14-17H2. The second kappa shape index (κ2) is 7.98. The molecule has 0 radical (unpaired) electrons. The van der Waals surface area contributed by atoms with Crippen LogP contribution < -0.4 is 0 Å². The quantitative estimate of drug-likeness (QED) is 0.821. The molecule has 1 fully saturated rings. The molecule has 1 aliphatic heterocycles. The van der Waals surface area contributed by atoms with E-state index in [4.69, 9.17) is 0 Å². The van der Waals surface area contributed by atoms with Crippen molar-refractivity contribution in [2.24, 2.45) is 0 Å². The topological polar surface area (TPSA) is 44.1 Å². The summed E-state index contributed by atoms with van der Waals surface area (Å²) in [6.07, 6.45) is 5.30. The number of carbonyl (C=O) groups excluding carboxylic acids is 1. The molecule has 0 spiro atoms. The maximum Gasteiger partial charge on any atom is 0.255 e. The lowest BCUT2D eigenvalue weighted by atomic mass is 9.86. The summed E-state index contributed by atoms with van der Waals surface area (Å²) in [6, 6.07) is 22.1. The Morgan fingerprint density at radius 2 is 1.68 bits per heavy atom. The molecule has 3 rings (SSSR count). The van der Waals surface area contributed by atoms with Gasteiger partial charge in [-0.2, -0.15) is 5.26 Å². The lowest BCUT2D eigenvalue weighted by Gasteiger charge is -2.38. The van der Waals surface area contributed by atoms with E-state index in [0.29, 0.717) is 18.5 Å². The maximum absolute atomic E-state index is 13.1. The van der Waals surface area contributed by atoms with Gasteiger partial charge in [0, 0.05) is 12.1 Å². The van der Waals surface area contributed by atoms with Gasteiger partial charge in [-0.1, -0.05) is 55.0 Å². The van der Waals surface area contributed by atoms with Crippen LogP contribution in [0, 0.1) is 11.3 Å². The van der Waals surface area contributed by atoms with Crippen molar-refractivity contribution in [3.05, 3.63) is 71.8 Å². The van der Waals surface area contributed by atoms with Crippen molar-refractivity contribution in [1.82, 2.24) is 4.90 Å². The molecule has 2 aromatic carbocycles. The minimum Gasteiger partial charge on any atom is -0.320 e. The summed E-state index contributed by atoms with van der Waals surface area (Å²) in [4.78, 5) is 15.0.